The average molecular weight is 553 g/mol. The van der Waals surface area contributed by atoms with Crippen molar-refractivity contribution < 1.29 is 13.9 Å². The zero-order valence-corrected chi connectivity index (χ0v) is 20.9. The van der Waals surface area contributed by atoms with E-state index in [2.05, 4.69) is 26.2 Å². The van der Waals surface area contributed by atoms with Gasteiger partial charge in [0.15, 0.2) is 17.5 Å². The van der Waals surface area contributed by atoms with Gasteiger partial charge in [-0.2, -0.15) is 5.26 Å². The Balaban J connectivity index is 0.00000363. The summed E-state index contributed by atoms with van der Waals surface area (Å²) in [4.78, 5) is 8.88. The van der Waals surface area contributed by atoms with Gasteiger partial charge < -0.3 is 19.7 Å². The number of methoxy groups -OCH3 is 2. The van der Waals surface area contributed by atoms with Gasteiger partial charge >= 0.3 is 0 Å². The van der Waals surface area contributed by atoms with Crippen molar-refractivity contribution in [1.29, 1.82) is 5.26 Å². The average Bonchev–Trinajstić information content (AvgIpc) is 2.81. The zero-order valence-electron chi connectivity index (χ0n) is 18.6. The smallest absolute Gasteiger partial charge is 0.194 e. The van der Waals surface area contributed by atoms with E-state index >= 15 is 0 Å². The van der Waals surface area contributed by atoms with Crippen LogP contribution in [0.1, 0.15) is 16.7 Å². The van der Waals surface area contributed by atoms with E-state index in [1.54, 1.807) is 27.3 Å². The van der Waals surface area contributed by atoms with Crippen LogP contribution in [0.4, 0.5) is 4.39 Å². The third-order valence-corrected chi connectivity index (χ3v) is 5.35. The Labute approximate surface area is 205 Å². The summed E-state index contributed by atoms with van der Waals surface area (Å²) >= 11 is 0. The maximum Gasteiger partial charge on any atom is 0.194 e. The Morgan fingerprint density at radius 3 is 2.44 bits per heavy atom. The Morgan fingerprint density at radius 1 is 1.09 bits per heavy atom. The first-order valence-electron chi connectivity index (χ1n) is 10.1. The van der Waals surface area contributed by atoms with Crippen LogP contribution in [0.5, 0.6) is 11.5 Å². The minimum Gasteiger partial charge on any atom is -0.493 e. The summed E-state index contributed by atoms with van der Waals surface area (Å²) in [5.74, 6) is 1.85. The molecule has 0 bridgehead atoms. The number of nitrogens with zero attached hydrogens (tertiary/aromatic N) is 4. The maximum atomic E-state index is 14.0. The molecule has 1 fully saturated rings. The van der Waals surface area contributed by atoms with Crippen molar-refractivity contribution in [2.75, 3.05) is 47.4 Å². The third-order valence-electron chi connectivity index (χ3n) is 5.35. The van der Waals surface area contributed by atoms with Crippen LogP contribution in [0.3, 0.4) is 0 Å². The molecule has 0 aliphatic carbocycles. The van der Waals surface area contributed by atoms with Crippen LogP contribution >= 0.6 is 24.0 Å². The molecule has 1 saturated heterocycles. The van der Waals surface area contributed by atoms with Gasteiger partial charge in [-0.3, -0.25) is 9.89 Å². The van der Waals surface area contributed by atoms with Crippen molar-refractivity contribution >= 4 is 29.9 Å². The van der Waals surface area contributed by atoms with Gasteiger partial charge in [0.05, 0.1) is 25.9 Å². The van der Waals surface area contributed by atoms with E-state index in [0.29, 0.717) is 11.1 Å². The highest BCUT2D eigenvalue weighted by atomic mass is 127. The van der Waals surface area contributed by atoms with Crippen LogP contribution in [-0.2, 0) is 13.1 Å². The molecular formula is C23H29FIN5O2. The monoisotopic (exact) mass is 553 g/mol. The second-order valence-electron chi connectivity index (χ2n) is 7.27. The van der Waals surface area contributed by atoms with Crippen molar-refractivity contribution in [3.05, 3.63) is 58.9 Å². The maximum absolute atomic E-state index is 14.0. The molecule has 1 aliphatic rings. The number of halogens is 2. The lowest BCUT2D eigenvalue weighted by molar-refractivity contribution is 0.172. The van der Waals surface area contributed by atoms with E-state index in [-0.39, 0.29) is 36.3 Å². The van der Waals surface area contributed by atoms with Crippen LogP contribution in [0.2, 0.25) is 0 Å². The van der Waals surface area contributed by atoms with Crippen LogP contribution < -0.4 is 14.8 Å². The van der Waals surface area contributed by atoms with Gasteiger partial charge in [-0.15, -0.1) is 24.0 Å². The van der Waals surface area contributed by atoms with Gasteiger partial charge in [-0.05, 0) is 35.9 Å². The third kappa shape index (κ3) is 6.46. The lowest BCUT2D eigenvalue weighted by Crippen LogP contribution is -2.52. The number of hydrogen-bond acceptors (Lipinski definition) is 5. The van der Waals surface area contributed by atoms with Crippen molar-refractivity contribution in [1.82, 2.24) is 15.1 Å². The van der Waals surface area contributed by atoms with E-state index in [1.807, 2.05) is 18.2 Å². The van der Waals surface area contributed by atoms with E-state index in [0.717, 1.165) is 50.2 Å². The van der Waals surface area contributed by atoms with Crippen LogP contribution in [0, 0.1) is 17.1 Å². The minimum atomic E-state index is -0.332. The van der Waals surface area contributed by atoms with Gasteiger partial charge in [-0.1, -0.05) is 6.07 Å². The van der Waals surface area contributed by atoms with Gasteiger partial charge in [-0.25, -0.2) is 4.39 Å². The number of benzene rings is 2. The number of piperazine rings is 1. The van der Waals surface area contributed by atoms with Crippen LogP contribution in [-0.4, -0.2) is 63.2 Å². The molecule has 0 saturated carbocycles. The van der Waals surface area contributed by atoms with E-state index in [9.17, 15) is 4.39 Å². The topological polar surface area (TPSA) is 73.1 Å². The van der Waals surface area contributed by atoms with Crippen LogP contribution in [0.15, 0.2) is 41.4 Å². The number of ether oxygens (including phenoxy) is 2. The summed E-state index contributed by atoms with van der Waals surface area (Å²) in [6.45, 7) is 4.49. The normalized spacial score (nSPS) is 14.3. The molecule has 0 aromatic heterocycles. The summed E-state index contributed by atoms with van der Waals surface area (Å²) in [5, 5.41) is 12.2. The number of aliphatic imine (C=N–C) groups is 1. The van der Waals surface area contributed by atoms with Gasteiger partial charge in [0.1, 0.15) is 5.82 Å². The van der Waals surface area contributed by atoms with Crippen molar-refractivity contribution in [3.8, 4) is 17.6 Å². The largest absolute Gasteiger partial charge is 0.493 e. The second-order valence-corrected chi connectivity index (χ2v) is 7.27. The molecule has 1 aliphatic heterocycles. The number of rotatable bonds is 6. The molecule has 1 heterocycles. The lowest BCUT2D eigenvalue weighted by atomic mass is 10.1. The molecule has 0 spiro atoms. The quantitative estimate of drug-likeness (QED) is 0.337. The van der Waals surface area contributed by atoms with Crippen molar-refractivity contribution in [2.45, 2.75) is 13.1 Å². The highest BCUT2D eigenvalue weighted by Crippen LogP contribution is 2.28. The number of guanidine groups is 1. The Hall–Kier alpha value is -2.58. The highest BCUT2D eigenvalue weighted by Gasteiger charge is 2.20. The Kier molecular flexibility index (Phi) is 9.99. The lowest BCUT2D eigenvalue weighted by Gasteiger charge is -2.36. The molecule has 32 heavy (non-hydrogen) atoms. The first-order chi connectivity index (χ1) is 15.1. The van der Waals surface area contributed by atoms with Gasteiger partial charge in [0.2, 0.25) is 0 Å². The summed E-state index contributed by atoms with van der Waals surface area (Å²) in [7, 11) is 4.99. The first-order valence-corrected chi connectivity index (χ1v) is 10.1. The zero-order chi connectivity index (χ0) is 22.2. The SMILES string of the molecule is CN=C(NCc1cc(C#N)ccc1F)N1CCN(Cc2ccc(OC)c(OC)c2)CC1.I. The Morgan fingerprint density at radius 2 is 1.81 bits per heavy atom. The highest BCUT2D eigenvalue weighted by molar-refractivity contribution is 14.0. The van der Waals surface area contributed by atoms with E-state index in [4.69, 9.17) is 14.7 Å². The molecule has 0 atom stereocenters. The standard InChI is InChI=1S/C23H28FN5O2.HI/c1-26-23(27-15-19-12-17(14-25)4-6-20(19)24)29-10-8-28(9-11-29)16-18-5-7-21(30-2)22(13-18)31-3;/h4-7,12-13H,8-11,15-16H2,1-3H3,(H,26,27);1H. The molecule has 2 aromatic rings. The fourth-order valence-electron chi connectivity index (χ4n) is 3.64. The predicted molar refractivity (Wildman–Crippen MR) is 133 cm³/mol. The molecule has 0 amide bonds. The fraction of sp³-hybridized carbons (Fsp3) is 0.391. The van der Waals surface area contributed by atoms with Crippen molar-refractivity contribution in [2.24, 2.45) is 4.99 Å². The number of nitriles is 1. The molecule has 3 rings (SSSR count). The van der Waals surface area contributed by atoms with E-state index in [1.165, 1.54) is 17.7 Å². The second kappa shape index (κ2) is 12.5. The molecular weight excluding hydrogens is 524 g/mol. The summed E-state index contributed by atoms with van der Waals surface area (Å²) in [6, 6.07) is 12.4. The van der Waals surface area contributed by atoms with Crippen molar-refractivity contribution in [3.63, 3.8) is 0 Å². The molecule has 1 N–H and O–H groups in total. The predicted octanol–water partition coefficient (Wildman–Crippen LogP) is 3.23. The molecule has 9 heteroatoms. The summed E-state index contributed by atoms with van der Waals surface area (Å²) < 4.78 is 24.7. The molecule has 7 nitrogen and oxygen atoms in total. The molecule has 0 radical (unpaired) electrons. The minimum absolute atomic E-state index is 0. The number of nitrogens with one attached hydrogen (secondary N) is 1. The summed E-state index contributed by atoms with van der Waals surface area (Å²) in [6.07, 6.45) is 0. The fourth-order valence-corrected chi connectivity index (χ4v) is 3.64. The van der Waals surface area contributed by atoms with Gasteiger partial charge in [0.25, 0.3) is 0 Å². The molecule has 0 unspecified atom stereocenters. The van der Waals surface area contributed by atoms with Gasteiger partial charge in [0, 0.05) is 51.9 Å². The van der Waals surface area contributed by atoms with Crippen LogP contribution in [0.25, 0.3) is 0 Å². The number of hydrogen-bond donors (Lipinski definition) is 1. The molecule has 172 valence electrons. The molecule has 2 aromatic carbocycles. The summed E-state index contributed by atoms with van der Waals surface area (Å²) in [5.41, 5.74) is 2.06. The van der Waals surface area contributed by atoms with E-state index < -0.39 is 0 Å². The Bertz CT molecular complexity index is 971. The first kappa shape index (κ1) is 25.7.